The summed E-state index contributed by atoms with van der Waals surface area (Å²) in [4.78, 5) is 14.0. The second-order valence-corrected chi connectivity index (χ2v) is 10.3. The van der Waals surface area contributed by atoms with Crippen LogP contribution < -0.4 is 23.8 Å². The van der Waals surface area contributed by atoms with Gasteiger partial charge in [-0.05, 0) is 73.8 Å². The summed E-state index contributed by atoms with van der Waals surface area (Å²) in [7, 11) is -4.03. The lowest BCUT2D eigenvalue weighted by Crippen LogP contribution is -2.38. The van der Waals surface area contributed by atoms with Crippen molar-refractivity contribution in [3.05, 3.63) is 66.7 Å². The van der Waals surface area contributed by atoms with Gasteiger partial charge in [-0.1, -0.05) is 0 Å². The number of amides is 1. The zero-order chi connectivity index (χ0) is 24.8. The van der Waals surface area contributed by atoms with Crippen LogP contribution in [0.1, 0.15) is 6.92 Å². The Balaban J connectivity index is 1.61. The average molecular weight is 515 g/mol. The summed E-state index contributed by atoms with van der Waals surface area (Å²) in [5, 5.41) is 2.76. The molecule has 3 aromatic rings. The number of thioether (sulfide) groups is 1. The van der Waals surface area contributed by atoms with Crippen molar-refractivity contribution in [2.24, 2.45) is 0 Å². The van der Waals surface area contributed by atoms with Crippen molar-refractivity contribution in [1.82, 2.24) is 0 Å². The van der Waals surface area contributed by atoms with Crippen LogP contribution in [-0.4, -0.2) is 46.9 Å². The van der Waals surface area contributed by atoms with Crippen molar-refractivity contribution in [2.75, 3.05) is 42.2 Å². The van der Waals surface area contributed by atoms with E-state index < -0.39 is 22.5 Å². The van der Waals surface area contributed by atoms with Gasteiger partial charge in [0.2, 0.25) is 5.91 Å². The highest BCUT2D eigenvalue weighted by atomic mass is 32.2. The molecule has 3 aromatic carbocycles. The molecule has 1 heterocycles. The molecule has 1 aliphatic heterocycles. The first-order valence-electron chi connectivity index (χ1n) is 11.0. The molecule has 1 aliphatic rings. The topological polar surface area (TPSA) is 94.2 Å². The minimum atomic E-state index is -4.03. The molecule has 0 fully saturated rings. The second kappa shape index (κ2) is 10.9. The van der Waals surface area contributed by atoms with Gasteiger partial charge in [0, 0.05) is 16.6 Å². The third-order valence-electron chi connectivity index (χ3n) is 5.20. The highest BCUT2D eigenvalue weighted by Crippen LogP contribution is 2.33. The van der Waals surface area contributed by atoms with E-state index in [0.29, 0.717) is 48.4 Å². The van der Waals surface area contributed by atoms with Crippen LogP contribution in [0.2, 0.25) is 0 Å². The second-order valence-electron chi connectivity index (χ2n) is 7.52. The maximum absolute atomic E-state index is 13.6. The van der Waals surface area contributed by atoms with Crippen LogP contribution in [-0.2, 0) is 14.8 Å². The quantitative estimate of drug-likeness (QED) is 0.423. The molecule has 0 saturated carbocycles. The number of fused-ring (bicyclic) bond motifs is 1. The van der Waals surface area contributed by atoms with Gasteiger partial charge < -0.3 is 19.5 Å². The predicted molar refractivity (Wildman–Crippen MR) is 136 cm³/mol. The molecule has 1 N–H and O–H groups in total. The standard InChI is InChI=1S/C25H26N2O6S2/c1-3-31-20-7-5-19(6-8-20)27(35(29,30)22-11-9-21(34-2)10-12-22)17-25(28)26-18-4-13-23-24(16-18)33-15-14-32-23/h4-13,16H,3,14-15,17H2,1-2H3,(H,26,28). The summed E-state index contributed by atoms with van der Waals surface area (Å²) in [5.74, 6) is 1.24. The molecular formula is C25H26N2O6S2. The predicted octanol–water partition coefficient (Wildman–Crippen LogP) is 4.41. The van der Waals surface area contributed by atoms with Crippen molar-refractivity contribution in [3.8, 4) is 17.2 Å². The molecule has 0 atom stereocenters. The van der Waals surface area contributed by atoms with Crippen molar-refractivity contribution in [1.29, 1.82) is 0 Å². The number of hydrogen-bond acceptors (Lipinski definition) is 7. The van der Waals surface area contributed by atoms with Gasteiger partial charge >= 0.3 is 0 Å². The Labute approximate surface area is 209 Å². The Morgan fingerprint density at radius 3 is 2.34 bits per heavy atom. The summed E-state index contributed by atoms with van der Waals surface area (Å²) in [5.41, 5.74) is 0.826. The number of anilines is 2. The summed E-state index contributed by atoms with van der Waals surface area (Å²) in [6.07, 6.45) is 1.91. The highest BCUT2D eigenvalue weighted by Gasteiger charge is 2.27. The van der Waals surface area contributed by atoms with Gasteiger partial charge in [-0.25, -0.2) is 8.42 Å². The molecule has 0 radical (unpaired) electrons. The van der Waals surface area contributed by atoms with Gasteiger partial charge in [-0.15, -0.1) is 11.8 Å². The van der Waals surface area contributed by atoms with E-state index in [2.05, 4.69) is 5.32 Å². The Morgan fingerprint density at radius 2 is 1.69 bits per heavy atom. The zero-order valence-corrected chi connectivity index (χ0v) is 21.0. The van der Waals surface area contributed by atoms with E-state index >= 15 is 0 Å². The van der Waals surface area contributed by atoms with Crippen LogP contribution in [0, 0.1) is 0 Å². The smallest absolute Gasteiger partial charge is 0.264 e. The molecule has 0 unspecified atom stereocenters. The number of hydrogen-bond donors (Lipinski definition) is 1. The van der Waals surface area contributed by atoms with Gasteiger partial charge in [-0.2, -0.15) is 0 Å². The molecule has 1 amide bonds. The average Bonchev–Trinajstić information content (AvgIpc) is 2.88. The van der Waals surface area contributed by atoms with E-state index in [1.807, 2.05) is 13.2 Å². The molecule has 0 spiro atoms. The van der Waals surface area contributed by atoms with Crippen molar-refractivity contribution in [3.63, 3.8) is 0 Å². The number of benzene rings is 3. The molecule has 35 heavy (non-hydrogen) atoms. The largest absolute Gasteiger partial charge is 0.494 e. The minimum Gasteiger partial charge on any atom is -0.494 e. The molecular weight excluding hydrogens is 488 g/mol. The Bertz CT molecular complexity index is 1280. The summed E-state index contributed by atoms with van der Waals surface area (Å²) < 4.78 is 44.8. The normalized spacial score (nSPS) is 12.6. The molecule has 0 aromatic heterocycles. The number of carbonyl (C=O) groups is 1. The van der Waals surface area contributed by atoms with Gasteiger partial charge in [0.25, 0.3) is 10.0 Å². The Hall–Kier alpha value is -3.37. The third-order valence-corrected chi connectivity index (χ3v) is 7.73. The van der Waals surface area contributed by atoms with E-state index in [1.165, 1.54) is 11.8 Å². The van der Waals surface area contributed by atoms with E-state index in [1.54, 1.807) is 66.7 Å². The molecule has 0 aliphatic carbocycles. The highest BCUT2D eigenvalue weighted by molar-refractivity contribution is 7.98. The van der Waals surface area contributed by atoms with Crippen LogP contribution in [0.3, 0.4) is 0 Å². The molecule has 4 rings (SSSR count). The third kappa shape index (κ3) is 5.83. The van der Waals surface area contributed by atoms with Crippen molar-refractivity contribution >= 4 is 39.1 Å². The maximum atomic E-state index is 13.6. The number of nitrogens with one attached hydrogen (secondary N) is 1. The number of nitrogens with zero attached hydrogens (tertiary/aromatic N) is 1. The van der Waals surface area contributed by atoms with Crippen molar-refractivity contribution < 1.29 is 27.4 Å². The van der Waals surface area contributed by atoms with E-state index in [-0.39, 0.29) is 4.90 Å². The lowest BCUT2D eigenvalue weighted by Gasteiger charge is -2.24. The van der Waals surface area contributed by atoms with Crippen LogP contribution in [0.15, 0.2) is 76.5 Å². The van der Waals surface area contributed by atoms with Crippen LogP contribution >= 0.6 is 11.8 Å². The van der Waals surface area contributed by atoms with Gasteiger partial charge in [0.05, 0.1) is 17.2 Å². The number of ether oxygens (including phenoxy) is 3. The van der Waals surface area contributed by atoms with Crippen LogP contribution in [0.5, 0.6) is 17.2 Å². The summed E-state index contributed by atoms with van der Waals surface area (Å²) in [6, 6.07) is 18.2. The Morgan fingerprint density at radius 1 is 1.00 bits per heavy atom. The number of carbonyl (C=O) groups excluding carboxylic acids is 1. The fourth-order valence-electron chi connectivity index (χ4n) is 3.52. The number of rotatable bonds is 9. The van der Waals surface area contributed by atoms with Crippen molar-refractivity contribution in [2.45, 2.75) is 16.7 Å². The van der Waals surface area contributed by atoms with Crippen LogP contribution in [0.25, 0.3) is 0 Å². The van der Waals surface area contributed by atoms with Gasteiger partial charge in [0.1, 0.15) is 25.5 Å². The molecule has 184 valence electrons. The van der Waals surface area contributed by atoms with Crippen LogP contribution in [0.4, 0.5) is 11.4 Å². The molecule has 8 nitrogen and oxygen atoms in total. The van der Waals surface area contributed by atoms with Gasteiger partial charge in [0.15, 0.2) is 11.5 Å². The first-order valence-corrected chi connectivity index (χ1v) is 13.7. The monoisotopic (exact) mass is 514 g/mol. The van der Waals surface area contributed by atoms with E-state index in [4.69, 9.17) is 14.2 Å². The summed E-state index contributed by atoms with van der Waals surface area (Å²) in [6.45, 7) is 2.82. The number of sulfonamides is 1. The maximum Gasteiger partial charge on any atom is 0.264 e. The SMILES string of the molecule is CCOc1ccc(N(CC(=O)Nc2ccc3c(c2)OCCO3)S(=O)(=O)c2ccc(SC)cc2)cc1. The fraction of sp³-hybridized carbons (Fsp3) is 0.240. The zero-order valence-electron chi connectivity index (χ0n) is 19.4. The summed E-state index contributed by atoms with van der Waals surface area (Å²) >= 11 is 1.52. The first kappa shape index (κ1) is 24.7. The minimum absolute atomic E-state index is 0.0938. The molecule has 0 bridgehead atoms. The lowest BCUT2D eigenvalue weighted by atomic mass is 10.2. The fourth-order valence-corrected chi connectivity index (χ4v) is 5.35. The van der Waals surface area contributed by atoms with E-state index in [9.17, 15) is 13.2 Å². The molecule has 0 saturated heterocycles. The lowest BCUT2D eigenvalue weighted by molar-refractivity contribution is -0.114. The van der Waals surface area contributed by atoms with Gasteiger partial charge in [-0.3, -0.25) is 9.10 Å². The Kier molecular flexibility index (Phi) is 7.72. The first-order chi connectivity index (χ1) is 16.9. The molecule has 10 heteroatoms. The van der Waals surface area contributed by atoms with E-state index in [0.717, 1.165) is 9.20 Å².